The summed E-state index contributed by atoms with van der Waals surface area (Å²) in [5, 5.41) is 11.8. The fourth-order valence-electron chi connectivity index (χ4n) is 2.50. The van der Waals surface area contributed by atoms with E-state index in [2.05, 4.69) is 43.5 Å². The average molecular weight is 304 g/mol. The van der Waals surface area contributed by atoms with Crippen molar-refractivity contribution in [2.45, 2.75) is 46.0 Å². The zero-order valence-electron chi connectivity index (χ0n) is 13.6. The van der Waals surface area contributed by atoms with Gasteiger partial charge < -0.3 is 5.32 Å². The second kappa shape index (κ2) is 6.36. The molecule has 2 aromatic heterocycles. The first kappa shape index (κ1) is 16.3. The Morgan fingerprint density at radius 2 is 2.09 bits per heavy atom. The van der Waals surface area contributed by atoms with Crippen LogP contribution in [0.3, 0.4) is 0 Å². The summed E-state index contributed by atoms with van der Waals surface area (Å²) in [7, 11) is 0. The third-order valence-corrected chi connectivity index (χ3v) is 3.48. The molecular weight excluding hydrogens is 280 g/mol. The van der Waals surface area contributed by atoms with Gasteiger partial charge in [-0.3, -0.25) is 14.4 Å². The fraction of sp³-hybridized carbons (Fsp3) is 0.500. The van der Waals surface area contributed by atoms with Crippen LogP contribution < -0.4 is 10.8 Å². The predicted molar refractivity (Wildman–Crippen MR) is 86.3 cm³/mol. The molecule has 0 bridgehead atoms. The lowest BCUT2D eigenvalue weighted by Crippen LogP contribution is -2.28. The van der Waals surface area contributed by atoms with Crippen LogP contribution in [0, 0.1) is 0 Å². The smallest absolute Gasteiger partial charge is 0.262 e. The molecule has 0 saturated heterocycles. The van der Waals surface area contributed by atoms with Gasteiger partial charge in [0.2, 0.25) is 0 Å². The van der Waals surface area contributed by atoms with Crippen LogP contribution in [0.2, 0.25) is 0 Å². The molecular formula is C16H24N4O2. The van der Waals surface area contributed by atoms with E-state index in [1.165, 1.54) is 0 Å². The number of nitrogens with one attached hydrogen (secondary N) is 2. The molecule has 0 aliphatic carbocycles. The molecule has 2 heterocycles. The van der Waals surface area contributed by atoms with Gasteiger partial charge in [0.05, 0.1) is 12.2 Å². The molecule has 6 nitrogen and oxygen atoms in total. The minimum atomic E-state index is -0.484. The van der Waals surface area contributed by atoms with Crippen molar-refractivity contribution in [3.8, 4) is 0 Å². The highest BCUT2D eigenvalue weighted by atomic mass is 16.5. The van der Waals surface area contributed by atoms with Crippen LogP contribution in [0.4, 0.5) is 5.82 Å². The van der Waals surface area contributed by atoms with Crippen molar-refractivity contribution in [3.63, 3.8) is 0 Å². The number of fused-ring (bicyclic) bond motifs is 1. The molecule has 1 amide bonds. The number of imidazole rings is 1. The summed E-state index contributed by atoms with van der Waals surface area (Å²) in [6, 6.07) is 6.04. The third-order valence-electron chi connectivity index (χ3n) is 3.48. The Kier molecular flexibility index (Phi) is 4.71. The first-order valence-electron chi connectivity index (χ1n) is 7.56. The topological polar surface area (TPSA) is 78.7 Å². The van der Waals surface area contributed by atoms with Gasteiger partial charge in [-0.1, -0.05) is 40.2 Å². The number of amides is 1. The molecule has 0 saturated carbocycles. The van der Waals surface area contributed by atoms with Gasteiger partial charge in [-0.25, -0.2) is 10.5 Å². The van der Waals surface area contributed by atoms with Crippen molar-refractivity contribution < 1.29 is 10.0 Å². The van der Waals surface area contributed by atoms with Crippen LogP contribution in [0.5, 0.6) is 0 Å². The van der Waals surface area contributed by atoms with E-state index >= 15 is 0 Å². The van der Waals surface area contributed by atoms with Crippen LogP contribution in [0.15, 0.2) is 18.2 Å². The minimum Gasteiger partial charge on any atom is -0.360 e. The maximum absolute atomic E-state index is 11.4. The number of carbonyl (C=O) groups excluding carboxylic acids is 1. The summed E-state index contributed by atoms with van der Waals surface area (Å²) in [4.78, 5) is 16.1. The van der Waals surface area contributed by atoms with Crippen molar-refractivity contribution in [2.24, 2.45) is 0 Å². The quantitative estimate of drug-likeness (QED) is 0.586. The lowest BCUT2D eigenvalue weighted by molar-refractivity contribution is -0.127. The van der Waals surface area contributed by atoms with Gasteiger partial charge >= 0.3 is 0 Å². The zero-order chi connectivity index (χ0) is 16.3. The van der Waals surface area contributed by atoms with Crippen molar-refractivity contribution in [2.75, 3.05) is 11.9 Å². The van der Waals surface area contributed by atoms with E-state index in [-0.39, 0.29) is 12.0 Å². The molecule has 0 atom stereocenters. The first-order chi connectivity index (χ1) is 10.4. The zero-order valence-corrected chi connectivity index (χ0v) is 13.6. The van der Waals surface area contributed by atoms with Crippen LogP contribution >= 0.6 is 0 Å². The van der Waals surface area contributed by atoms with Crippen LogP contribution in [0.1, 0.15) is 45.5 Å². The summed E-state index contributed by atoms with van der Waals surface area (Å²) in [6.07, 6.45) is 1.96. The molecule has 6 heteroatoms. The Morgan fingerprint density at radius 1 is 1.36 bits per heavy atom. The number of pyridine rings is 1. The Labute approximate surface area is 130 Å². The van der Waals surface area contributed by atoms with Crippen molar-refractivity contribution in [3.05, 3.63) is 29.6 Å². The van der Waals surface area contributed by atoms with Gasteiger partial charge in [0, 0.05) is 11.1 Å². The number of hydroxylamine groups is 1. The number of aryl methyl sites for hydroxylation is 1. The van der Waals surface area contributed by atoms with E-state index in [9.17, 15) is 4.79 Å². The SMILES string of the molecule is CCCc1cccc2nc(C(C)(C)C)c(NCC(=O)NO)n12. The summed E-state index contributed by atoms with van der Waals surface area (Å²) in [5.74, 6) is 0.331. The number of rotatable bonds is 5. The van der Waals surface area contributed by atoms with Crippen molar-refractivity contribution in [1.29, 1.82) is 0 Å². The summed E-state index contributed by atoms with van der Waals surface area (Å²) >= 11 is 0. The minimum absolute atomic E-state index is 0.00612. The van der Waals surface area contributed by atoms with E-state index in [1.807, 2.05) is 12.1 Å². The van der Waals surface area contributed by atoms with E-state index in [1.54, 1.807) is 5.48 Å². The predicted octanol–water partition coefficient (Wildman–Crippen LogP) is 2.50. The maximum Gasteiger partial charge on any atom is 0.262 e. The van der Waals surface area contributed by atoms with Crippen LogP contribution in [-0.2, 0) is 16.6 Å². The second-order valence-electron chi connectivity index (χ2n) is 6.41. The van der Waals surface area contributed by atoms with E-state index in [0.29, 0.717) is 0 Å². The van der Waals surface area contributed by atoms with E-state index in [0.717, 1.165) is 35.7 Å². The number of hydrogen-bond acceptors (Lipinski definition) is 4. The molecule has 0 unspecified atom stereocenters. The number of carbonyl (C=O) groups is 1. The number of anilines is 1. The Bertz CT molecular complexity index is 671. The highest BCUT2D eigenvalue weighted by Crippen LogP contribution is 2.31. The summed E-state index contributed by atoms with van der Waals surface area (Å²) in [6.45, 7) is 8.39. The van der Waals surface area contributed by atoms with Gasteiger partial charge in [-0.15, -0.1) is 0 Å². The number of aromatic nitrogens is 2. The highest BCUT2D eigenvalue weighted by Gasteiger charge is 2.25. The van der Waals surface area contributed by atoms with Gasteiger partial charge in [-0.05, 0) is 18.6 Å². The third kappa shape index (κ3) is 3.22. The molecule has 22 heavy (non-hydrogen) atoms. The van der Waals surface area contributed by atoms with E-state index < -0.39 is 5.91 Å². The van der Waals surface area contributed by atoms with E-state index in [4.69, 9.17) is 10.2 Å². The Balaban J connectivity index is 2.58. The molecule has 2 aromatic rings. The molecule has 0 fully saturated rings. The molecule has 0 radical (unpaired) electrons. The highest BCUT2D eigenvalue weighted by molar-refractivity contribution is 5.79. The van der Waals surface area contributed by atoms with Gasteiger partial charge in [0.1, 0.15) is 11.5 Å². The van der Waals surface area contributed by atoms with Gasteiger partial charge in [-0.2, -0.15) is 0 Å². The van der Waals surface area contributed by atoms with Gasteiger partial charge in [0.15, 0.2) is 0 Å². The van der Waals surface area contributed by atoms with Crippen molar-refractivity contribution in [1.82, 2.24) is 14.9 Å². The molecule has 120 valence electrons. The number of hydrogen-bond donors (Lipinski definition) is 3. The van der Waals surface area contributed by atoms with Crippen molar-refractivity contribution >= 4 is 17.4 Å². The first-order valence-corrected chi connectivity index (χ1v) is 7.56. The molecule has 0 aromatic carbocycles. The Morgan fingerprint density at radius 3 is 2.68 bits per heavy atom. The molecule has 3 N–H and O–H groups in total. The molecule has 0 aliphatic rings. The second-order valence-corrected chi connectivity index (χ2v) is 6.41. The normalized spacial score (nSPS) is 11.7. The molecule has 0 aliphatic heterocycles. The van der Waals surface area contributed by atoms with Crippen LogP contribution in [0.25, 0.3) is 5.65 Å². The van der Waals surface area contributed by atoms with Crippen LogP contribution in [-0.4, -0.2) is 27.0 Å². The van der Waals surface area contributed by atoms with Gasteiger partial charge in [0.25, 0.3) is 5.91 Å². The monoisotopic (exact) mass is 304 g/mol. The molecule has 0 spiro atoms. The lowest BCUT2D eigenvalue weighted by Gasteiger charge is -2.19. The molecule has 2 rings (SSSR count). The maximum atomic E-state index is 11.4. The largest absolute Gasteiger partial charge is 0.360 e. The standard InChI is InChI=1S/C16H24N4O2/c1-5-7-11-8-6-9-12-18-14(16(2,3)4)15(20(11)12)17-10-13(21)19-22/h6,8-9,17,22H,5,7,10H2,1-4H3,(H,19,21). The Hall–Kier alpha value is -2.08. The summed E-state index contributed by atoms with van der Waals surface area (Å²) in [5.41, 5.74) is 4.40. The fourth-order valence-corrected chi connectivity index (χ4v) is 2.50. The lowest BCUT2D eigenvalue weighted by atomic mass is 9.92. The summed E-state index contributed by atoms with van der Waals surface area (Å²) < 4.78 is 2.06. The number of nitrogens with zero attached hydrogens (tertiary/aromatic N) is 2. The average Bonchev–Trinajstić information content (AvgIpc) is 2.85.